The number of hydrogen-bond donors (Lipinski definition) is 1. The first-order valence-electron chi connectivity index (χ1n) is 4.11. The molecule has 1 fully saturated rings. The summed E-state index contributed by atoms with van der Waals surface area (Å²) in [5, 5.41) is 12.6. The van der Waals surface area contributed by atoms with Crippen LogP contribution >= 0.6 is 23.1 Å². The highest BCUT2D eigenvalue weighted by Gasteiger charge is 2.17. The van der Waals surface area contributed by atoms with Crippen molar-refractivity contribution < 1.29 is 4.79 Å². The number of carbonyl (C=O) groups excluding carboxylic acids is 1. The number of nitrogens with one attached hydrogen (secondary N) is 1. The molecule has 1 aromatic heterocycles. The number of aryl methyl sites for hydroxylation is 1. The lowest BCUT2D eigenvalue weighted by Gasteiger charge is -1.90. The minimum absolute atomic E-state index is 0.00557. The summed E-state index contributed by atoms with van der Waals surface area (Å²) in [7, 11) is 0. The third kappa shape index (κ3) is 2.10. The molecule has 0 saturated carbocycles. The van der Waals surface area contributed by atoms with E-state index in [9.17, 15) is 4.79 Å². The number of thioether (sulfide) groups is 1. The number of hydrogen-bond acceptors (Lipinski definition) is 6. The van der Waals surface area contributed by atoms with E-state index in [2.05, 4.69) is 20.5 Å². The van der Waals surface area contributed by atoms with E-state index in [1.165, 1.54) is 23.1 Å². The third-order valence-electron chi connectivity index (χ3n) is 1.54. The van der Waals surface area contributed by atoms with Crippen molar-refractivity contribution in [1.29, 1.82) is 0 Å². The monoisotopic (exact) mass is 228 g/mol. The van der Waals surface area contributed by atoms with Gasteiger partial charge in [0.15, 0.2) is 5.17 Å². The van der Waals surface area contributed by atoms with E-state index in [0.717, 1.165) is 11.4 Å². The van der Waals surface area contributed by atoms with Crippen LogP contribution in [0.4, 0.5) is 5.13 Å². The van der Waals surface area contributed by atoms with Crippen molar-refractivity contribution in [2.24, 2.45) is 4.99 Å². The second-order valence-corrected chi connectivity index (χ2v) is 4.59. The van der Waals surface area contributed by atoms with Gasteiger partial charge in [0.25, 0.3) is 0 Å². The van der Waals surface area contributed by atoms with Gasteiger partial charge in [-0.2, -0.15) is 4.99 Å². The fourth-order valence-corrected chi connectivity index (χ4v) is 2.30. The van der Waals surface area contributed by atoms with Crippen molar-refractivity contribution in [1.82, 2.24) is 15.5 Å². The van der Waals surface area contributed by atoms with Crippen LogP contribution in [-0.4, -0.2) is 27.0 Å². The van der Waals surface area contributed by atoms with E-state index >= 15 is 0 Å². The molecule has 0 spiro atoms. The van der Waals surface area contributed by atoms with Crippen molar-refractivity contribution in [3.05, 3.63) is 5.01 Å². The van der Waals surface area contributed by atoms with Crippen LogP contribution in [0.2, 0.25) is 0 Å². The summed E-state index contributed by atoms with van der Waals surface area (Å²) in [6.45, 7) is 2.02. The molecule has 0 unspecified atom stereocenters. The van der Waals surface area contributed by atoms with Crippen LogP contribution in [0.1, 0.15) is 11.9 Å². The first-order valence-corrected chi connectivity index (χ1v) is 5.92. The van der Waals surface area contributed by atoms with E-state index in [1.807, 2.05) is 6.92 Å². The fraction of sp³-hybridized carbons (Fsp3) is 0.429. The molecule has 5 nitrogen and oxygen atoms in total. The van der Waals surface area contributed by atoms with Crippen molar-refractivity contribution in [3.63, 3.8) is 0 Å². The van der Waals surface area contributed by atoms with Crippen LogP contribution in [0, 0.1) is 0 Å². The Morgan fingerprint density at radius 3 is 3.00 bits per heavy atom. The normalized spacial score (nSPS) is 18.9. The van der Waals surface area contributed by atoms with Crippen LogP contribution in [0.5, 0.6) is 0 Å². The van der Waals surface area contributed by atoms with E-state index in [-0.39, 0.29) is 5.91 Å². The minimum atomic E-state index is -0.00557. The third-order valence-corrected chi connectivity index (χ3v) is 3.38. The van der Waals surface area contributed by atoms with Crippen molar-refractivity contribution in [2.75, 3.05) is 5.75 Å². The molecule has 2 heterocycles. The van der Waals surface area contributed by atoms with Gasteiger partial charge in [0.2, 0.25) is 11.0 Å². The Kier molecular flexibility index (Phi) is 2.78. The maximum atomic E-state index is 10.9. The lowest BCUT2D eigenvalue weighted by Crippen LogP contribution is -2.19. The van der Waals surface area contributed by atoms with Crippen molar-refractivity contribution in [3.8, 4) is 0 Å². The largest absolute Gasteiger partial charge is 0.304 e. The number of amides is 1. The first-order chi connectivity index (χ1) is 6.78. The number of rotatable bonds is 2. The van der Waals surface area contributed by atoms with Gasteiger partial charge in [-0.3, -0.25) is 4.79 Å². The zero-order valence-corrected chi connectivity index (χ0v) is 9.11. The Morgan fingerprint density at radius 2 is 2.43 bits per heavy atom. The minimum Gasteiger partial charge on any atom is -0.304 e. The molecule has 14 heavy (non-hydrogen) atoms. The van der Waals surface area contributed by atoms with E-state index in [4.69, 9.17) is 0 Å². The highest BCUT2D eigenvalue weighted by Crippen LogP contribution is 2.21. The SMILES string of the molecule is CCc1nnc(N=C2NC(=O)CS2)s1. The van der Waals surface area contributed by atoms with Gasteiger partial charge in [0.05, 0.1) is 5.75 Å². The number of carbonyl (C=O) groups is 1. The van der Waals surface area contributed by atoms with Gasteiger partial charge in [-0.1, -0.05) is 30.0 Å². The summed E-state index contributed by atoms with van der Waals surface area (Å²) in [6, 6.07) is 0. The molecule has 0 bridgehead atoms. The highest BCUT2D eigenvalue weighted by molar-refractivity contribution is 8.15. The highest BCUT2D eigenvalue weighted by atomic mass is 32.2. The predicted molar refractivity (Wildman–Crippen MR) is 57.0 cm³/mol. The standard InChI is InChI=1S/C7H8N4OS2/c1-2-5-10-11-7(14-5)9-6-8-4(12)3-13-6/h2-3H2,1H3,(H,8,9,11,12). The van der Waals surface area contributed by atoms with Gasteiger partial charge in [-0.25, -0.2) is 0 Å². The number of aromatic nitrogens is 2. The molecule has 1 aliphatic rings. The zero-order valence-electron chi connectivity index (χ0n) is 7.48. The molecule has 0 aromatic carbocycles. The van der Waals surface area contributed by atoms with Crippen LogP contribution in [-0.2, 0) is 11.2 Å². The average molecular weight is 228 g/mol. The van der Waals surface area contributed by atoms with Crippen LogP contribution in [0.15, 0.2) is 4.99 Å². The van der Waals surface area contributed by atoms with Crippen molar-refractivity contribution in [2.45, 2.75) is 13.3 Å². The topological polar surface area (TPSA) is 67.2 Å². The Morgan fingerprint density at radius 1 is 1.57 bits per heavy atom. The average Bonchev–Trinajstić information content (AvgIpc) is 2.76. The molecule has 0 atom stereocenters. The molecular weight excluding hydrogens is 220 g/mol. The molecule has 1 saturated heterocycles. The lowest BCUT2D eigenvalue weighted by molar-refractivity contribution is -0.116. The molecule has 1 aromatic rings. The molecule has 1 amide bonds. The zero-order chi connectivity index (χ0) is 9.97. The quantitative estimate of drug-likeness (QED) is 0.818. The van der Waals surface area contributed by atoms with Gasteiger partial charge < -0.3 is 5.32 Å². The molecule has 1 N–H and O–H groups in total. The maximum absolute atomic E-state index is 10.9. The summed E-state index contributed by atoms with van der Waals surface area (Å²) < 4.78 is 0. The molecule has 2 rings (SSSR count). The van der Waals surface area contributed by atoms with Crippen LogP contribution < -0.4 is 5.32 Å². The summed E-state index contributed by atoms with van der Waals surface area (Å²) in [5.41, 5.74) is 0. The van der Waals surface area contributed by atoms with E-state index in [0.29, 0.717) is 16.1 Å². The number of amidine groups is 1. The summed E-state index contributed by atoms with van der Waals surface area (Å²) in [6.07, 6.45) is 0.863. The smallest absolute Gasteiger partial charge is 0.236 e. The van der Waals surface area contributed by atoms with Crippen LogP contribution in [0.25, 0.3) is 0 Å². The summed E-state index contributed by atoms with van der Waals surface area (Å²) in [5.74, 6) is 0.437. The lowest BCUT2D eigenvalue weighted by atomic mass is 10.5. The molecule has 1 aliphatic heterocycles. The molecule has 0 aliphatic carbocycles. The van der Waals surface area contributed by atoms with Gasteiger partial charge in [0, 0.05) is 0 Å². The second-order valence-electron chi connectivity index (χ2n) is 2.59. The van der Waals surface area contributed by atoms with Gasteiger partial charge >= 0.3 is 0 Å². The molecular formula is C7H8N4OS2. The summed E-state index contributed by atoms with van der Waals surface area (Å²) in [4.78, 5) is 15.0. The molecule has 74 valence electrons. The first kappa shape index (κ1) is 9.60. The second kappa shape index (κ2) is 4.05. The Hall–Kier alpha value is -0.950. The van der Waals surface area contributed by atoms with Crippen molar-refractivity contribution >= 4 is 39.3 Å². The predicted octanol–water partition coefficient (Wildman–Crippen LogP) is 0.951. The number of aliphatic imine (C=N–C) groups is 1. The van der Waals surface area contributed by atoms with Gasteiger partial charge in [-0.05, 0) is 6.42 Å². The summed E-state index contributed by atoms with van der Waals surface area (Å²) >= 11 is 2.84. The Bertz CT molecular complexity index is 387. The van der Waals surface area contributed by atoms with Crippen LogP contribution in [0.3, 0.4) is 0 Å². The maximum Gasteiger partial charge on any atom is 0.236 e. The Balaban J connectivity index is 2.13. The molecule has 0 radical (unpaired) electrons. The van der Waals surface area contributed by atoms with Gasteiger partial charge in [0.1, 0.15) is 5.01 Å². The van der Waals surface area contributed by atoms with E-state index in [1.54, 1.807) is 0 Å². The fourth-order valence-electron chi connectivity index (χ4n) is 0.905. The molecule has 7 heteroatoms. The van der Waals surface area contributed by atoms with Gasteiger partial charge in [-0.15, -0.1) is 10.2 Å². The Labute approximate surface area is 89.0 Å². The van der Waals surface area contributed by atoms with E-state index < -0.39 is 0 Å². The number of nitrogens with zero attached hydrogens (tertiary/aromatic N) is 3.